The van der Waals surface area contributed by atoms with Gasteiger partial charge in [-0.1, -0.05) is 44.4 Å². The largest absolute Gasteiger partial charge is 0.392 e. The lowest BCUT2D eigenvalue weighted by molar-refractivity contribution is 0.0670. The van der Waals surface area contributed by atoms with Crippen molar-refractivity contribution >= 4 is 11.8 Å². The van der Waals surface area contributed by atoms with Gasteiger partial charge >= 0.3 is 0 Å². The van der Waals surface area contributed by atoms with Crippen molar-refractivity contribution in [2.45, 2.75) is 61.7 Å². The Labute approximate surface area is 120 Å². The van der Waals surface area contributed by atoms with E-state index in [1.165, 1.54) is 42.6 Å². The summed E-state index contributed by atoms with van der Waals surface area (Å²) < 4.78 is 0. The van der Waals surface area contributed by atoms with Crippen molar-refractivity contribution in [2.24, 2.45) is 11.8 Å². The summed E-state index contributed by atoms with van der Waals surface area (Å²) >= 11 is 1.90. The first kappa shape index (κ1) is 13.5. The van der Waals surface area contributed by atoms with E-state index in [1.807, 2.05) is 11.8 Å². The first-order valence-corrected chi connectivity index (χ1v) is 8.58. The van der Waals surface area contributed by atoms with Gasteiger partial charge in [-0.05, 0) is 42.7 Å². The number of rotatable bonds is 3. The van der Waals surface area contributed by atoms with Gasteiger partial charge in [-0.2, -0.15) is 0 Å². The number of thioether (sulfide) groups is 1. The lowest BCUT2D eigenvalue weighted by Crippen LogP contribution is -2.34. The summed E-state index contributed by atoms with van der Waals surface area (Å²) in [4.78, 5) is 1.38. The molecule has 0 saturated heterocycles. The van der Waals surface area contributed by atoms with E-state index >= 15 is 0 Å². The highest BCUT2D eigenvalue weighted by Gasteiger charge is 2.35. The van der Waals surface area contributed by atoms with E-state index in [4.69, 9.17) is 0 Å². The van der Waals surface area contributed by atoms with E-state index in [-0.39, 0.29) is 6.10 Å². The first-order valence-electron chi connectivity index (χ1n) is 7.70. The van der Waals surface area contributed by atoms with Crippen LogP contribution < -0.4 is 0 Å². The maximum absolute atomic E-state index is 10.7. The molecule has 2 aliphatic rings. The summed E-state index contributed by atoms with van der Waals surface area (Å²) in [6.45, 7) is 2.29. The Hall–Kier alpha value is -0.470. The Balaban J connectivity index is 1.64. The van der Waals surface area contributed by atoms with Crippen molar-refractivity contribution < 1.29 is 5.11 Å². The Morgan fingerprint density at radius 1 is 1.32 bits per heavy atom. The molecule has 1 aliphatic heterocycles. The molecule has 4 atom stereocenters. The van der Waals surface area contributed by atoms with Gasteiger partial charge in [-0.25, -0.2) is 0 Å². The summed E-state index contributed by atoms with van der Waals surface area (Å²) in [5.74, 6) is 1.38. The van der Waals surface area contributed by atoms with Crippen LogP contribution in [0.5, 0.6) is 0 Å². The van der Waals surface area contributed by atoms with Crippen LogP contribution >= 0.6 is 11.8 Å². The minimum absolute atomic E-state index is 0.119. The number of fused-ring (bicyclic) bond motifs is 1. The fourth-order valence-electron chi connectivity index (χ4n) is 3.72. The summed E-state index contributed by atoms with van der Waals surface area (Å²) in [5, 5.41) is 11.1. The summed E-state index contributed by atoms with van der Waals surface area (Å²) in [6.07, 6.45) is 7.36. The topological polar surface area (TPSA) is 20.2 Å². The molecule has 2 heteroatoms. The Morgan fingerprint density at radius 3 is 2.95 bits per heavy atom. The molecule has 19 heavy (non-hydrogen) atoms. The van der Waals surface area contributed by atoms with Crippen LogP contribution in [0.15, 0.2) is 29.2 Å². The molecular weight excluding hydrogens is 252 g/mol. The van der Waals surface area contributed by atoms with Crippen LogP contribution in [0.2, 0.25) is 0 Å². The van der Waals surface area contributed by atoms with Gasteiger partial charge < -0.3 is 5.11 Å². The van der Waals surface area contributed by atoms with E-state index < -0.39 is 0 Å². The number of benzene rings is 1. The van der Waals surface area contributed by atoms with Crippen LogP contribution in [0.3, 0.4) is 0 Å². The summed E-state index contributed by atoms with van der Waals surface area (Å²) in [5.41, 5.74) is 1.43. The van der Waals surface area contributed by atoms with Crippen molar-refractivity contribution in [2.75, 3.05) is 0 Å². The zero-order valence-corrected chi connectivity index (χ0v) is 12.5. The van der Waals surface area contributed by atoms with Crippen LogP contribution in [0.1, 0.15) is 44.6 Å². The molecule has 4 unspecified atom stereocenters. The summed E-state index contributed by atoms with van der Waals surface area (Å²) in [7, 11) is 0. The quantitative estimate of drug-likeness (QED) is 0.889. The van der Waals surface area contributed by atoms with Gasteiger partial charge in [0.15, 0.2) is 0 Å². The molecule has 0 radical (unpaired) electrons. The molecule has 1 heterocycles. The van der Waals surface area contributed by atoms with E-state index in [1.54, 1.807) is 0 Å². The van der Waals surface area contributed by atoms with Crippen molar-refractivity contribution in [3.8, 4) is 0 Å². The van der Waals surface area contributed by atoms with Crippen LogP contribution in [0.25, 0.3) is 0 Å². The molecule has 3 rings (SSSR count). The van der Waals surface area contributed by atoms with Gasteiger partial charge in [0.25, 0.3) is 0 Å². The highest BCUT2D eigenvalue weighted by molar-refractivity contribution is 8.00. The minimum atomic E-state index is -0.119. The molecule has 1 aromatic rings. The highest BCUT2D eigenvalue weighted by atomic mass is 32.2. The van der Waals surface area contributed by atoms with Crippen LogP contribution in [0, 0.1) is 11.8 Å². The Morgan fingerprint density at radius 2 is 2.16 bits per heavy atom. The minimum Gasteiger partial charge on any atom is -0.392 e. The third-order valence-electron chi connectivity index (χ3n) is 4.94. The number of aliphatic hydroxyl groups excluding tert-OH is 1. The predicted molar refractivity (Wildman–Crippen MR) is 81.5 cm³/mol. The standard InChI is InChI=1S/C17H24OS/c1-2-12-6-5-8-14(10-12)17(18)16-11-13-7-3-4-9-15(13)19-16/h3-4,7,9,12,14,16-18H,2,5-6,8,10-11H2,1H3. The van der Waals surface area contributed by atoms with Crippen LogP contribution in [-0.2, 0) is 6.42 Å². The van der Waals surface area contributed by atoms with Gasteiger partial charge in [0.2, 0.25) is 0 Å². The van der Waals surface area contributed by atoms with Crippen LogP contribution in [0.4, 0.5) is 0 Å². The van der Waals surface area contributed by atoms with Gasteiger partial charge in [0, 0.05) is 10.1 Å². The molecule has 104 valence electrons. The van der Waals surface area contributed by atoms with Crippen molar-refractivity contribution in [3.63, 3.8) is 0 Å². The Bertz CT molecular complexity index is 406. The predicted octanol–water partition coefficient (Wildman–Crippen LogP) is 4.28. The van der Waals surface area contributed by atoms with E-state index in [2.05, 4.69) is 31.2 Å². The maximum atomic E-state index is 10.7. The highest BCUT2D eigenvalue weighted by Crippen LogP contribution is 2.43. The third kappa shape index (κ3) is 2.85. The molecular formula is C17H24OS. The van der Waals surface area contributed by atoms with E-state index in [0.717, 1.165) is 12.3 Å². The monoisotopic (exact) mass is 276 g/mol. The molecule has 1 fully saturated rings. The molecule has 1 aromatic carbocycles. The molecule has 1 nitrogen and oxygen atoms in total. The van der Waals surface area contributed by atoms with Crippen molar-refractivity contribution in [1.82, 2.24) is 0 Å². The molecule has 1 saturated carbocycles. The third-order valence-corrected chi connectivity index (χ3v) is 6.34. The summed E-state index contributed by atoms with van der Waals surface area (Å²) in [6, 6.07) is 8.63. The normalized spacial score (nSPS) is 32.0. The van der Waals surface area contributed by atoms with Gasteiger partial charge in [-0.15, -0.1) is 11.8 Å². The molecule has 0 bridgehead atoms. The fraction of sp³-hybridized carbons (Fsp3) is 0.647. The van der Waals surface area contributed by atoms with Crippen molar-refractivity contribution in [1.29, 1.82) is 0 Å². The molecule has 0 spiro atoms. The fourth-order valence-corrected chi connectivity index (χ4v) is 5.13. The average Bonchev–Trinajstić information content (AvgIpc) is 2.90. The zero-order chi connectivity index (χ0) is 13.2. The lowest BCUT2D eigenvalue weighted by Gasteiger charge is -2.34. The zero-order valence-electron chi connectivity index (χ0n) is 11.7. The average molecular weight is 276 g/mol. The molecule has 0 aromatic heterocycles. The second kappa shape index (κ2) is 5.88. The van der Waals surface area contributed by atoms with E-state index in [0.29, 0.717) is 11.2 Å². The lowest BCUT2D eigenvalue weighted by atomic mass is 9.76. The smallest absolute Gasteiger partial charge is 0.0693 e. The second-order valence-electron chi connectivity index (χ2n) is 6.16. The number of hydrogen-bond acceptors (Lipinski definition) is 2. The molecule has 0 amide bonds. The van der Waals surface area contributed by atoms with Gasteiger partial charge in [-0.3, -0.25) is 0 Å². The van der Waals surface area contributed by atoms with Gasteiger partial charge in [0.1, 0.15) is 0 Å². The van der Waals surface area contributed by atoms with Gasteiger partial charge in [0.05, 0.1) is 6.10 Å². The van der Waals surface area contributed by atoms with Crippen LogP contribution in [-0.4, -0.2) is 16.5 Å². The second-order valence-corrected chi connectivity index (χ2v) is 7.44. The molecule has 1 N–H and O–H groups in total. The number of aliphatic hydroxyl groups is 1. The Kier molecular flexibility index (Phi) is 4.18. The maximum Gasteiger partial charge on any atom is 0.0693 e. The number of hydrogen-bond donors (Lipinski definition) is 1. The van der Waals surface area contributed by atoms with E-state index in [9.17, 15) is 5.11 Å². The van der Waals surface area contributed by atoms with Crippen molar-refractivity contribution in [3.05, 3.63) is 29.8 Å². The first-order chi connectivity index (χ1) is 9.28. The molecule has 1 aliphatic carbocycles. The SMILES string of the molecule is CCC1CCCC(C(O)C2Cc3ccccc3S2)C1.